The normalized spacial score (nSPS) is 14.4. The Hall–Kier alpha value is -3.79. The van der Waals surface area contributed by atoms with Crippen LogP contribution in [0.5, 0.6) is 0 Å². The molecular weight excluding hydrogens is 434 g/mol. The Morgan fingerprint density at radius 3 is 2.22 bits per heavy atom. The van der Waals surface area contributed by atoms with Gasteiger partial charge >= 0.3 is 18.0 Å². The lowest BCUT2D eigenvalue weighted by atomic mass is 9.98. The molecule has 2 aromatic carbocycles. The van der Waals surface area contributed by atoms with Gasteiger partial charge in [0, 0.05) is 17.4 Å². The van der Waals surface area contributed by atoms with Crippen LogP contribution in [0.4, 0.5) is 4.79 Å². The number of ether oxygens (including phenoxy) is 1. The van der Waals surface area contributed by atoms with Crippen molar-refractivity contribution < 1.29 is 29.0 Å². The number of allylic oxidation sites excluding steroid dienone is 1. The van der Waals surface area contributed by atoms with Crippen LogP contribution in [0.3, 0.4) is 0 Å². The van der Waals surface area contributed by atoms with E-state index >= 15 is 0 Å². The lowest BCUT2D eigenvalue weighted by Gasteiger charge is -2.15. The number of carboxylic acids is 1. The molecule has 10 heteroatoms. The average molecular weight is 453 g/mol. The number of thioether (sulfide) groups is 1. The SMILES string of the molecule is O=C(NNC(=O)C1=C(NC(=O)C(=O)O)CCS1)OCC1c2ccccc2-c2ccccc21. The highest BCUT2D eigenvalue weighted by Gasteiger charge is 2.29. The van der Waals surface area contributed by atoms with Gasteiger partial charge < -0.3 is 15.2 Å². The number of benzene rings is 2. The first-order chi connectivity index (χ1) is 15.5. The van der Waals surface area contributed by atoms with Gasteiger partial charge in [0.15, 0.2) is 0 Å². The summed E-state index contributed by atoms with van der Waals surface area (Å²) in [6.45, 7) is 0.0904. The van der Waals surface area contributed by atoms with Crippen LogP contribution >= 0.6 is 11.8 Å². The van der Waals surface area contributed by atoms with Crippen molar-refractivity contribution in [2.75, 3.05) is 12.4 Å². The van der Waals surface area contributed by atoms with Crippen molar-refractivity contribution >= 4 is 35.6 Å². The summed E-state index contributed by atoms with van der Waals surface area (Å²) in [4.78, 5) is 46.7. The summed E-state index contributed by atoms with van der Waals surface area (Å²) in [6, 6.07) is 15.9. The van der Waals surface area contributed by atoms with E-state index in [1.807, 2.05) is 48.5 Å². The van der Waals surface area contributed by atoms with E-state index < -0.39 is 23.9 Å². The third-order valence-electron chi connectivity index (χ3n) is 5.16. The Morgan fingerprint density at radius 1 is 0.969 bits per heavy atom. The Labute approximate surface area is 187 Å². The van der Waals surface area contributed by atoms with Crippen molar-refractivity contribution in [2.24, 2.45) is 0 Å². The van der Waals surface area contributed by atoms with Crippen LogP contribution < -0.4 is 16.2 Å². The van der Waals surface area contributed by atoms with Crippen LogP contribution in [0.15, 0.2) is 59.1 Å². The van der Waals surface area contributed by atoms with E-state index in [0.29, 0.717) is 12.2 Å². The molecule has 0 fully saturated rings. The monoisotopic (exact) mass is 453 g/mol. The Kier molecular flexibility index (Phi) is 6.13. The molecular formula is C22H19N3O6S. The maximum atomic E-state index is 12.3. The Bertz CT molecular complexity index is 1100. The van der Waals surface area contributed by atoms with E-state index in [2.05, 4.69) is 16.2 Å². The van der Waals surface area contributed by atoms with Gasteiger partial charge in [-0.25, -0.2) is 15.0 Å². The molecule has 0 saturated heterocycles. The summed E-state index contributed by atoms with van der Waals surface area (Å²) < 4.78 is 5.34. The zero-order valence-electron chi connectivity index (χ0n) is 16.7. The first-order valence-electron chi connectivity index (χ1n) is 9.77. The smallest absolute Gasteiger partial charge is 0.426 e. The lowest BCUT2D eigenvalue weighted by Crippen LogP contribution is -2.43. The molecule has 1 aliphatic heterocycles. The second-order valence-electron chi connectivity index (χ2n) is 7.07. The molecule has 1 aliphatic carbocycles. The molecule has 0 spiro atoms. The molecule has 0 aromatic heterocycles. The molecule has 0 bridgehead atoms. The predicted molar refractivity (Wildman–Crippen MR) is 116 cm³/mol. The average Bonchev–Trinajstić information content (AvgIpc) is 3.38. The summed E-state index contributed by atoms with van der Waals surface area (Å²) in [7, 11) is 0. The topological polar surface area (TPSA) is 134 Å². The number of aliphatic carboxylic acids is 1. The van der Waals surface area contributed by atoms with E-state index in [1.54, 1.807) is 0 Å². The van der Waals surface area contributed by atoms with Gasteiger partial charge in [0.2, 0.25) is 0 Å². The van der Waals surface area contributed by atoms with Crippen molar-refractivity contribution in [3.8, 4) is 11.1 Å². The molecule has 2 aliphatic rings. The van der Waals surface area contributed by atoms with Crippen LogP contribution in [0, 0.1) is 0 Å². The number of carboxylic acid groups (broad SMARTS) is 1. The molecule has 0 atom stereocenters. The van der Waals surface area contributed by atoms with Gasteiger partial charge in [0.1, 0.15) is 6.61 Å². The molecule has 0 radical (unpaired) electrons. The van der Waals surface area contributed by atoms with Crippen molar-refractivity contribution in [3.05, 3.63) is 70.3 Å². The number of hydrogen-bond donors (Lipinski definition) is 4. The minimum Gasteiger partial charge on any atom is -0.474 e. The molecule has 4 N–H and O–H groups in total. The quantitative estimate of drug-likeness (QED) is 0.411. The molecule has 3 amide bonds. The summed E-state index contributed by atoms with van der Waals surface area (Å²) in [6.07, 6.45) is -0.503. The highest BCUT2D eigenvalue weighted by Crippen LogP contribution is 2.44. The minimum absolute atomic E-state index is 0.0904. The molecule has 164 valence electrons. The van der Waals surface area contributed by atoms with Crippen LogP contribution in [-0.4, -0.2) is 41.3 Å². The number of amides is 3. The van der Waals surface area contributed by atoms with Crippen molar-refractivity contribution in [1.82, 2.24) is 16.2 Å². The van der Waals surface area contributed by atoms with Crippen molar-refractivity contribution in [2.45, 2.75) is 12.3 Å². The summed E-state index contributed by atoms with van der Waals surface area (Å²) >= 11 is 1.15. The summed E-state index contributed by atoms with van der Waals surface area (Å²) in [5, 5.41) is 10.9. The highest BCUT2D eigenvalue weighted by atomic mass is 32.2. The van der Waals surface area contributed by atoms with Crippen LogP contribution in [-0.2, 0) is 19.1 Å². The van der Waals surface area contributed by atoms with Gasteiger partial charge in [-0.05, 0) is 28.7 Å². The van der Waals surface area contributed by atoms with E-state index in [0.717, 1.165) is 34.0 Å². The first-order valence-corrected chi connectivity index (χ1v) is 10.8. The molecule has 2 aromatic rings. The van der Waals surface area contributed by atoms with Gasteiger partial charge in [0.25, 0.3) is 5.91 Å². The van der Waals surface area contributed by atoms with E-state index in [-0.39, 0.29) is 23.1 Å². The van der Waals surface area contributed by atoms with Crippen LogP contribution in [0.1, 0.15) is 23.5 Å². The lowest BCUT2D eigenvalue weighted by molar-refractivity contribution is -0.149. The first kappa shape index (κ1) is 21.4. The minimum atomic E-state index is -1.65. The number of hydrazine groups is 1. The number of rotatable bonds is 4. The van der Waals surface area contributed by atoms with E-state index in [4.69, 9.17) is 9.84 Å². The number of hydrogen-bond acceptors (Lipinski definition) is 6. The van der Waals surface area contributed by atoms with E-state index in [9.17, 15) is 19.2 Å². The molecule has 0 unspecified atom stereocenters. The molecule has 1 heterocycles. The standard InChI is InChI=1S/C22H19N3O6S/c26-19(18-17(9-10-32-18)23-20(27)21(28)29)24-25-22(30)31-11-16-14-7-3-1-5-12(14)13-6-2-4-8-15(13)16/h1-8,16H,9-11H2,(H,23,27)(H,24,26)(H,25,30)(H,28,29). The third kappa shape index (κ3) is 4.30. The number of carbonyl (C=O) groups is 4. The second kappa shape index (κ2) is 9.15. The van der Waals surface area contributed by atoms with Gasteiger partial charge in [-0.15, -0.1) is 11.8 Å². The van der Waals surface area contributed by atoms with Gasteiger partial charge in [0.05, 0.1) is 4.91 Å². The fourth-order valence-corrected chi connectivity index (χ4v) is 4.79. The Morgan fingerprint density at radius 2 is 1.59 bits per heavy atom. The van der Waals surface area contributed by atoms with Gasteiger partial charge in [-0.2, -0.15) is 0 Å². The number of nitrogens with one attached hydrogen (secondary N) is 3. The summed E-state index contributed by atoms with van der Waals surface area (Å²) in [5.74, 6) is -3.15. The van der Waals surface area contributed by atoms with Crippen LogP contribution in [0.25, 0.3) is 11.1 Å². The fraction of sp³-hybridized carbons (Fsp3) is 0.182. The van der Waals surface area contributed by atoms with Gasteiger partial charge in [-0.1, -0.05) is 48.5 Å². The highest BCUT2D eigenvalue weighted by molar-refractivity contribution is 8.04. The maximum absolute atomic E-state index is 12.3. The summed E-state index contributed by atoms with van der Waals surface area (Å²) in [5.41, 5.74) is 8.96. The maximum Gasteiger partial charge on any atom is 0.426 e. The second-order valence-corrected chi connectivity index (χ2v) is 8.18. The Balaban J connectivity index is 1.35. The molecule has 0 saturated carbocycles. The molecule has 9 nitrogen and oxygen atoms in total. The molecule has 32 heavy (non-hydrogen) atoms. The predicted octanol–water partition coefficient (Wildman–Crippen LogP) is 2.11. The van der Waals surface area contributed by atoms with Crippen molar-refractivity contribution in [1.29, 1.82) is 0 Å². The third-order valence-corrected chi connectivity index (χ3v) is 6.29. The number of fused-ring (bicyclic) bond motifs is 3. The largest absolute Gasteiger partial charge is 0.474 e. The van der Waals surface area contributed by atoms with E-state index in [1.165, 1.54) is 0 Å². The zero-order valence-corrected chi connectivity index (χ0v) is 17.5. The number of carbonyl (C=O) groups excluding carboxylic acids is 3. The zero-order chi connectivity index (χ0) is 22.7. The van der Waals surface area contributed by atoms with Crippen molar-refractivity contribution in [3.63, 3.8) is 0 Å². The fourth-order valence-electron chi connectivity index (χ4n) is 3.77. The van der Waals surface area contributed by atoms with Crippen LogP contribution in [0.2, 0.25) is 0 Å². The molecule has 4 rings (SSSR count). The van der Waals surface area contributed by atoms with Gasteiger partial charge in [-0.3, -0.25) is 15.0 Å².